The Morgan fingerprint density at radius 2 is 1.82 bits per heavy atom. The first-order chi connectivity index (χ1) is 13.6. The van der Waals surface area contributed by atoms with Gasteiger partial charge < -0.3 is 4.90 Å². The highest BCUT2D eigenvalue weighted by molar-refractivity contribution is 6.69. The molecular formula is C24H26ClN3. The van der Waals surface area contributed by atoms with Gasteiger partial charge in [0.1, 0.15) is 11.3 Å². The number of hydrogen-bond donors (Lipinski definition) is 0. The lowest BCUT2D eigenvalue weighted by Gasteiger charge is -2.36. The first kappa shape index (κ1) is 20.2. The van der Waals surface area contributed by atoms with Crippen LogP contribution in [0.2, 0.25) is 0 Å². The van der Waals surface area contributed by atoms with Crippen LogP contribution in [0.4, 0.5) is 5.69 Å². The van der Waals surface area contributed by atoms with Crippen LogP contribution in [0.25, 0.3) is 11.1 Å². The minimum atomic E-state index is -0.0370. The van der Waals surface area contributed by atoms with E-state index in [1.54, 1.807) is 0 Å². The zero-order chi connectivity index (χ0) is 20.1. The molecule has 0 aliphatic carbocycles. The number of rotatable bonds is 6. The topological polar surface area (TPSA) is 39.4 Å². The Hall–Kier alpha value is -2.57. The molecule has 0 saturated carbocycles. The fraction of sp³-hybridized carbons (Fsp3) is 0.333. The number of nitriles is 1. The van der Waals surface area contributed by atoms with Crippen LogP contribution < -0.4 is 4.90 Å². The van der Waals surface area contributed by atoms with Crippen molar-refractivity contribution in [2.45, 2.75) is 52.6 Å². The van der Waals surface area contributed by atoms with Gasteiger partial charge in [-0.3, -0.25) is 0 Å². The van der Waals surface area contributed by atoms with Crippen LogP contribution in [0.15, 0.2) is 64.8 Å². The molecule has 3 rings (SSSR count). The number of halogens is 1. The Kier molecular flexibility index (Phi) is 6.54. The predicted octanol–water partition coefficient (Wildman–Crippen LogP) is 6.88. The Labute approximate surface area is 173 Å². The Balaban J connectivity index is 1.94. The van der Waals surface area contributed by atoms with E-state index in [0.29, 0.717) is 10.7 Å². The highest BCUT2D eigenvalue weighted by atomic mass is 35.5. The SMILES string of the molecule is CCCCCC1=C(C)C(Cl)=NC(C)N1c1ccc(-c2ccccc2C#N)cc1. The Morgan fingerprint density at radius 1 is 1.11 bits per heavy atom. The molecule has 1 aliphatic rings. The molecule has 1 unspecified atom stereocenters. The Morgan fingerprint density at radius 3 is 2.50 bits per heavy atom. The van der Waals surface area contributed by atoms with Gasteiger partial charge >= 0.3 is 0 Å². The summed E-state index contributed by atoms with van der Waals surface area (Å²) in [6.07, 6.45) is 4.50. The summed E-state index contributed by atoms with van der Waals surface area (Å²) >= 11 is 6.40. The molecule has 0 amide bonds. The van der Waals surface area contributed by atoms with Gasteiger partial charge in [-0.2, -0.15) is 5.26 Å². The van der Waals surface area contributed by atoms with Gasteiger partial charge in [0.15, 0.2) is 0 Å². The van der Waals surface area contributed by atoms with Crippen molar-refractivity contribution in [2.24, 2.45) is 4.99 Å². The number of benzene rings is 2. The van der Waals surface area contributed by atoms with Crippen molar-refractivity contribution >= 4 is 22.5 Å². The zero-order valence-electron chi connectivity index (χ0n) is 16.7. The van der Waals surface area contributed by atoms with E-state index in [2.05, 4.69) is 61.0 Å². The van der Waals surface area contributed by atoms with Gasteiger partial charge in [-0.05, 0) is 56.0 Å². The smallest absolute Gasteiger partial charge is 0.130 e. The molecular weight excluding hydrogens is 366 g/mol. The molecule has 2 aromatic rings. The van der Waals surface area contributed by atoms with Crippen LogP contribution >= 0.6 is 11.6 Å². The van der Waals surface area contributed by atoms with E-state index >= 15 is 0 Å². The van der Waals surface area contributed by atoms with Crippen LogP contribution in [0, 0.1) is 11.3 Å². The quantitative estimate of drug-likeness (QED) is 0.503. The Bertz CT molecular complexity index is 935. The molecule has 1 atom stereocenters. The molecule has 0 spiro atoms. The second-order valence-electron chi connectivity index (χ2n) is 7.15. The lowest BCUT2D eigenvalue weighted by atomic mass is 9.99. The van der Waals surface area contributed by atoms with Gasteiger partial charge in [0.2, 0.25) is 0 Å². The largest absolute Gasteiger partial charge is 0.322 e. The highest BCUT2D eigenvalue weighted by Crippen LogP contribution is 2.34. The number of anilines is 1. The summed E-state index contributed by atoms with van der Waals surface area (Å²) in [7, 11) is 0. The minimum absolute atomic E-state index is 0.0370. The average Bonchev–Trinajstić information content (AvgIpc) is 2.72. The molecule has 4 heteroatoms. The second-order valence-corrected chi connectivity index (χ2v) is 7.51. The highest BCUT2D eigenvalue weighted by Gasteiger charge is 2.26. The van der Waals surface area contributed by atoms with Crippen molar-refractivity contribution in [3.8, 4) is 17.2 Å². The zero-order valence-corrected chi connectivity index (χ0v) is 17.5. The summed E-state index contributed by atoms with van der Waals surface area (Å²) in [6.45, 7) is 6.35. The summed E-state index contributed by atoms with van der Waals surface area (Å²) in [5, 5.41) is 9.99. The predicted molar refractivity (Wildman–Crippen MR) is 119 cm³/mol. The fourth-order valence-electron chi connectivity index (χ4n) is 3.70. The summed E-state index contributed by atoms with van der Waals surface area (Å²) in [4.78, 5) is 6.90. The number of hydrogen-bond acceptors (Lipinski definition) is 3. The molecule has 0 fully saturated rings. The van der Waals surface area contributed by atoms with Crippen LogP contribution in [-0.2, 0) is 0 Å². The van der Waals surface area contributed by atoms with E-state index in [0.717, 1.165) is 35.2 Å². The van der Waals surface area contributed by atoms with Gasteiger partial charge in [0.05, 0.1) is 11.6 Å². The van der Waals surface area contributed by atoms with Crippen LogP contribution in [0.3, 0.4) is 0 Å². The summed E-state index contributed by atoms with van der Waals surface area (Å²) < 4.78 is 0. The second kappa shape index (κ2) is 9.08. The van der Waals surface area contributed by atoms with E-state index < -0.39 is 0 Å². The van der Waals surface area contributed by atoms with Crippen molar-refractivity contribution in [1.29, 1.82) is 5.26 Å². The maximum atomic E-state index is 9.37. The van der Waals surface area contributed by atoms with Crippen molar-refractivity contribution in [3.63, 3.8) is 0 Å². The van der Waals surface area contributed by atoms with E-state index in [9.17, 15) is 5.26 Å². The van der Waals surface area contributed by atoms with Gasteiger partial charge in [-0.1, -0.05) is 61.7 Å². The van der Waals surface area contributed by atoms with Gasteiger partial charge in [-0.15, -0.1) is 0 Å². The molecule has 144 valence electrons. The summed E-state index contributed by atoms with van der Waals surface area (Å²) in [5.74, 6) is 0. The van der Waals surface area contributed by atoms with Crippen molar-refractivity contribution in [1.82, 2.24) is 0 Å². The summed E-state index contributed by atoms with van der Waals surface area (Å²) in [5.41, 5.74) is 6.11. The molecule has 0 saturated heterocycles. The van der Waals surface area contributed by atoms with Crippen LogP contribution in [0.1, 0.15) is 52.0 Å². The van der Waals surface area contributed by atoms with Gasteiger partial charge in [-0.25, -0.2) is 4.99 Å². The van der Waals surface area contributed by atoms with E-state index in [4.69, 9.17) is 11.6 Å². The molecule has 0 bridgehead atoms. The summed E-state index contributed by atoms with van der Waals surface area (Å²) in [6, 6.07) is 18.4. The third-order valence-electron chi connectivity index (χ3n) is 5.23. The fourth-order valence-corrected chi connectivity index (χ4v) is 3.95. The first-order valence-electron chi connectivity index (χ1n) is 9.89. The number of nitrogens with zero attached hydrogens (tertiary/aromatic N) is 3. The van der Waals surface area contributed by atoms with Crippen molar-refractivity contribution in [2.75, 3.05) is 4.90 Å². The molecule has 1 aliphatic heterocycles. The average molecular weight is 392 g/mol. The van der Waals surface area contributed by atoms with Gasteiger partial charge in [0.25, 0.3) is 0 Å². The third-order valence-corrected chi connectivity index (χ3v) is 5.61. The molecule has 0 aromatic heterocycles. The monoisotopic (exact) mass is 391 g/mol. The standard InChI is InChI=1S/C24H26ClN3/c1-4-5-6-11-23-17(2)24(25)27-18(3)28(23)21-14-12-19(13-15-21)22-10-8-7-9-20(22)16-26/h7-10,12-15,18H,4-6,11H2,1-3H3. The normalized spacial score (nSPS) is 16.8. The lowest BCUT2D eigenvalue weighted by Crippen LogP contribution is -2.36. The number of allylic oxidation sites excluding steroid dienone is 2. The molecule has 2 aromatic carbocycles. The third kappa shape index (κ3) is 4.13. The van der Waals surface area contributed by atoms with Crippen LogP contribution in [0.5, 0.6) is 0 Å². The molecule has 0 N–H and O–H groups in total. The number of aliphatic imine (C=N–C) groups is 1. The lowest BCUT2D eigenvalue weighted by molar-refractivity contribution is 0.644. The van der Waals surface area contributed by atoms with Crippen molar-refractivity contribution in [3.05, 3.63) is 65.4 Å². The van der Waals surface area contributed by atoms with E-state index in [1.165, 1.54) is 18.5 Å². The van der Waals surface area contributed by atoms with E-state index in [-0.39, 0.29) is 6.17 Å². The minimum Gasteiger partial charge on any atom is -0.322 e. The molecule has 3 nitrogen and oxygen atoms in total. The molecule has 1 heterocycles. The maximum Gasteiger partial charge on any atom is 0.130 e. The first-order valence-corrected chi connectivity index (χ1v) is 10.3. The number of unbranched alkanes of at least 4 members (excludes halogenated alkanes) is 2. The maximum absolute atomic E-state index is 9.37. The van der Waals surface area contributed by atoms with Crippen molar-refractivity contribution < 1.29 is 0 Å². The van der Waals surface area contributed by atoms with E-state index in [1.807, 2.05) is 24.3 Å². The molecule has 28 heavy (non-hydrogen) atoms. The molecule has 0 radical (unpaired) electrons. The van der Waals surface area contributed by atoms with Gasteiger partial charge in [0, 0.05) is 17.0 Å². The van der Waals surface area contributed by atoms with Crippen LogP contribution in [-0.4, -0.2) is 11.3 Å².